The van der Waals surface area contributed by atoms with Crippen molar-refractivity contribution in [3.8, 4) is 0 Å². The molecule has 0 amide bonds. The fourth-order valence-electron chi connectivity index (χ4n) is 1.27. The Balaban J connectivity index is 3.44. The van der Waals surface area contributed by atoms with Crippen LogP contribution in [0.4, 0.5) is 0 Å². The molecule has 0 aliphatic heterocycles. The van der Waals surface area contributed by atoms with Crippen LogP contribution < -0.4 is 5.32 Å². The van der Waals surface area contributed by atoms with Crippen molar-refractivity contribution in [3.05, 3.63) is 11.6 Å². The highest BCUT2D eigenvalue weighted by Crippen LogP contribution is 2.01. The van der Waals surface area contributed by atoms with Crippen LogP contribution in [0.3, 0.4) is 0 Å². The second-order valence-electron chi connectivity index (χ2n) is 4.08. The lowest BCUT2D eigenvalue weighted by Gasteiger charge is -2.15. The minimum absolute atomic E-state index is 0.603. The summed E-state index contributed by atoms with van der Waals surface area (Å²) < 4.78 is 0. The predicted octanol–water partition coefficient (Wildman–Crippen LogP) is 3.12. The maximum atomic E-state index is 3.49. The van der Waals surface area contributed by atoms with Gasteiger partial charge in [-0.3, -0.25) is 0 Å². The van der Waals surface area contributed by atoms with Gasteiger partial charge in [0.15, 0.2) is 0 Å². The third kappa shape index (κ3) is 7.80. The van der Waals surface area contributed by atoms with Crippen molar-refractivity contribution in [1.29, 1.82) is 0 Å². The van der Waals surface area contributed by atoms with Crippen LogP contribution in [0.5, 0.6) is 0 Å². The molecule has 0 unspecified atom stereocenters. The van der Waals surface area contributed by atoms with Gasteiger partial charge in [0.05, 0.1) is 0 Å². The number of nitrogens with one attached hydrogen (secondary N) is 1. The van der Waals surface area contributed by atoms with Crippen LogP contribution >= 0.6 is 0 Å². The lowest BCUT2D eigenvalue weighted by Crippen LogP contribution is -2.32. The van der Waals surface area contributed by atoms with E-state index in [-0.39, 0.29) is 0 Å². The van der Waals surface area contributed by atoms with Crippen molar-refractivity contribution in [2.45, 2.75) is 59.5 Å². The lowest BCUT2D eigenvalue weighted by atomic mass is 10.1. The lowest BCUT2D eigenvalue weighted by molar-refractivity contribution is 0.468. The number of hydrogen-bond acceptors (Lipinski definition) is 1. The summed E-state index contributed by atoms with van der Waals surface area (Å²) in [6, 6.07) is 1.24. The fourth-order valence-corrected chi connectivity index (χ4v) is 1.27. The normalized spacial score (nSPS) is 13.2. The first-order valence-corrected chi connectivity index (χ1v) is 4.91. The summed E-state index contributed by atoms with van der Waals surface area (Å²) in [5.41, 5.74) is 1.42. The Bertz CT molecular complexity index is 132. The van der Waals surface area contributed by atoms with Gasteiger partial charge in [-0.15, -0.1) is 0 Å². The molecule has 1 heteroatoms. The van der Waals surface area contributed by atoms with Gasteiger partial charge in [-0.2, -0.15) is 0 Å². The largest absolute Gasteiger partial charge is 0.312 e. The molecule has 0 aromatic carbocycles. The van der Waals surface area contributed by atoms with Crippen LogP contribution in [0, 0.1) is 0 Å². The standard InChI is InChI=1S/C11H23N/c1-9(2)7-6-8-11(5)12-10(3)4/h7,10-12H,6,8H2,1-5H3/t11-/m0/s1. The molecule has 0 heterocycles. The van der Waals surface area contributed by atoms with Crippen LogP contribution in [0.15, 0.2) is 11.6 Å². The Kier molecular flexibility index (Phi) is 6.09. The molecule has 1 nitrogen and oxygen atoms in total. The summed E-state index contributed by atoms with van der Waals surface area (Å²) in [6.45, 7) is 10.9. The van der Waals surface area contributed by atoms with E-state index >= 15 is 0 Å². The maximum Gasteiger partial charge on any atom is 0.00440 e. The van der Waals surface area contributed by atoms with Gasteiger partial charge >= 0.3 is 0 Å². The fraction of sp³-hybridized carbons (Fsp3) is 0.818. The molecule has 0 saturated carbocycles. The molecule has 1 N–H and O–H groups in total. The van der Waals surface area contributed by atoms with Gasteiger partial charge in [0.25, 0.3) is 0 Å². The van der Waals surface area contributed by atoms with Crippen molar-refractivity contribution >= 4 is 0 Å². The summed E-state index contributed by atoms with van der Waals surface area (Å²) in [7, 11) is 0. The topological polar surface area (TPSA) is 12.0 Å². The van der Waals surface area contributed by atoms with Gasteiger partial charge in [0.1, 0.15) is 0 Å². The molecule has 72 valence electrons. The zero-order valence-corrected chi connectivity index (χ0v) is 9.15. The van der Waals surface area contributed by atoms with E-state index in [1.54, 1.807) is 0 Å². The van der Waals surface area contributed by atoms with E-state index in [1.807, 2.05) is 0 Å². The molecule has 0 bridgehead atoms. The Morgan fingerprint density at radius 2 is 1.83 bits per heavy atom. The quantitative estimate of drug-likeness (QED) is 0.623. The van der Waals surface area contributed by atoms with E-state index in [9.17, 15) is 0 Å². The summed E-state index contributed by atoms with van der Waals surface area (Å²) >= 11 is 0. The molecule has 1 atom stereocenters. The van der Waals surface area contributed by atoms with Gasteiger partial charge in [-0.05, 0) is 33.6 Å². The molecule has 0 rings (SSSR count). The molecule has 0 aromatic heterocycles. The van der Waals surface area contributed by atoms with Crippen LogP contribution in [0.1, 0.15) is 47.5 Å². The first-order valence-electron chi connectivity index (χ1n) is 4.91. The molecule has 0 aromatic rings. The first-order chi connectivity index (χ1) is 5.52. The molecular weight excluding hydrogens is 146 g/mol. The van der Waals surface area contributed by atoms with Gasteiger partial charge in [0, 0.05) is 12.1 Å². The number of hydrogen-bond donors (Lipinski definition) is 1. The van der Waals surface area contributed by atoms with Crippen LogP contribution in [0.25, 0.3) is 0 Å². The Hall–Kier alpha value is -0.300. The molecule has 0 aliphatic carbocycles. The smallest absolute Gasteiger partial charge is 0.00440 e. The minimum atomic E-state index is 0.603. The molecule has 0 spiro atoms. The van der Waals surface area contributed by atoms with Crippen molar-refractivity contribution in [1.82, 2.24) is 5.32 Å². The van der Waals surface area contributed by atoms with Gasteiger partial charge in [0.2, 0.25) is 0 Å². The van der Waals surface area contributed by atoms with Crippen LogP contribution in [-0.4, -0.2) is 12.1 Å². The molecule has 0 saturated heterocycles. The average Bonchev–Trinajstić information content (AvgIpc) is 1.84. The Labute approximate surface area is 77.2 Å². The van der Waals surface area contributed by atoms with Gasteiger partial charge in [-0.25, -0.2) is 0 Å². The number of allylic oxidation sites excluding steroid dienone is 2. The highest BCUT2D eigenvalue weighted by Gasteiger charge is 2.00. The Morgan fingerprint density at radius 3 is 2.25 bits per heavy atom. The van der Waals surface area contributed by atoms with E-state index in [4.69, 9.17) is 0 Å². The number of rotatable bonds is 5. The van der Waals surface area contributed by atoms with Crippen molar-refractivity contribution in [3.63, 3.8) is 0 Å². The van der Waals surface area contributed by atoms with E-state index < -0.39 is 0 Å². The van der Waals surface area contributed by atoms with Crippen molar-refractivity contribution in [2.75, 3.05) is 0 Å². The zero-order valence-electron chi connectivity index (χ0n) is 9.15. The average molecular weight is 169 g/mol. The summed E-state index contributed by atoms with van der Waals surface area (Å²) in [5, 5.41) is 3.49. The van der Waals surface area contributed by atoms with Gasteiger partial charge < -0.3 is 5.32 Å². The monoisotopic (exact) mass is 169 g/mol. The third-order valence-electron chi connectivity index (χ3n) is 1.77. The summed E-state index contributed by atoms with van der Waals surface area (Å²) in [5.74, 6) is 0. The highest BCUT2D eigenvalue weighted by atomic mass is 14.9. The maximum absolute atomic E-state index is 3.49. The third-order valence-corrected chi connectivity index (χ3v) is 1.77. The van der Waals surface area contributed by atoms with E-state index in [0.29, 0.717) is 12.1 Å². The Morgan fingerprint density at radius 1 is 1.25 bits per heavy atom. The first kappa shape index (κ1) is 11.7. The van der Waals surface area contributed by atoms with E-state index in [0.717, 1.165) is 0 Å². The van der Waals surface area contributed by atoms with E-state index in [1.165, 1.54) is 18.4 Å². The molecule has 0 fully saturated rings. The predicted molar refractivity (Wildman–Crippen MR) is 56.4 cm³/mol. The van der Waals surface area contributed by atoms with Crippen molar-refractivity contribution in [2.24, 2.45) is 0 Å². The second-order valence-corrected chi connectivity index (χ2v) is 4.08. The van der Waals surface area contributed by atoms with Crippen LogP contribution in [0.2, 0.25) is 0 Å². The molecule has 0 aliphatic rings. The molecule has 12 heavy (non-hydrogen) atoms. The SMILES string of the molecule is CC(C)=CCC[C@H](C)NC(C)C. The van der Waals surface area contributed by atoms with Gasteiger partial charge in [-0.1, -0.05) is 25.5 Å². The van der Waals surface area contributed by atoms with E-state index in [2.05, 4.69) is 46.0 Å². The molecular formula is C11H23N. The highest BCUT2D eigenvalue weighted by molar-refractivity contribution is 4.93. The van der Waals surface area contributed by atoms with Crippen molar-refractivity contribution < 1.29 is 0 Å². The zero-order chi connectivity index (χ0) is 9.56. The summed E-state index contributed by atoms with van der Waals surface area (Å²) in [4.78, 5) is 0. The minimum Gasteiger partial charge on any atom is -0.312 e. The summed E-state index contributed by atoms with van der Waals surface area (Å²) in [6.07, 6.45) is 4.74. The molecule has 0 radical (unpaired) electrons. The van der Waals surface area contributed by atoms with Crippen LogP contribution in [-0.2, 0) is 0 Å². The second kappa shape index (κ2) is 6.24.